The van der Waals surface area contributed by atoms with Crippen LogP contribution in [0.2, 0.25) is 0 Å². The molecule has 1 atom stereocenters. The maximum absolute atomic E-state index is 11.5. The minimum atomic E-state index is -1.51. The second-order valence-electron chi connectivity index (χ2n) is 6.20. The molecule has 1 N–H and O–H groups in total. The van der Waals surface area contributed by atoms with E-state index in [4.69, 9.17) is 18.9 Å². The van der Waals surface area contributed by atoms with Crippen LogP contribution < -0.4 is 9.47 Å². The molecule has 0 fully saturated rings. The first-order chi connectivity index (χ1) is 12.5. The van der Waals surface area contributed by atoms with Crippen molar-refractivity contribution in [2.75, 3.05) is 28.4 Å². The van der Waals surface area contributed by atoms with Gasteiger partial charge in [0.05, 0.1) is 14.2 Å². The first-order valence-corrected chi connectivity index (χ1v) is 8.32. The van der Waals surface area contributed by atoms with E-state index in [1.54, 1.807) is 26.4 Å². The molecule has 1 unspecified atom stereocenters. The zero-order chi connectivity index (χ0) is 18.9. The summed E-state index contributed by atoms with van der Waals surface area (Å²) < 4.78 is 22.1. The Hall–Kier alpha value is -2.34. The number of benzene rings is 2. The fraction of sp³-hybridized carbons (Fsp3) is 0.333. The summed E-state index contributed by atoms with van der Waals surface area (Å²) >= 11 is 0. The highest BCUT2D eigenvalue weighted by molar-refractivity contribution is 5.66. The van der Waals surface area contributed by atoms with Gasteiger partial charge in [-0.1, -0.05) is 30.3 Å². The lowest BCUT2D eigenvalue weighted by atomic mass is 9.66. The average Bonchev–Trinajstić information content (AvgIpc) is 2.67. The van der Waals surface area contributed by atoms with Gasteiger partial charge >= 0.3 is 0 Å². The molecule has 5 heteroatoms. The number of aliphatic hydroxyl groups is 1. The van der Waals surface area contributed by atoms with Gasteiger partial charge in [-0.05, 0) is 30.7 Å². The van der Waals surface area contributed by atoms with Crippen molar-refractivity contribution < 1.29 is 24.1 Å². The number of fused-ring (bicyclic) bond motifs is 1. The van der Waals surface area contributed by atoms with Gasteiger partial charge in [-0.3, -0.25) is 0 Å². The normalized spacial score (nSPS) is 20.5. The maximum atomic E-state index is 11.5. The van der Waals surface area contributed by atoms with E-state index in [-0.39, 0.29) is 0 Å². The number of methoxy groups -OCH3 is 4. The topological polar surface area (TPSA) is 57.2 Å². The van der Waals surface area contributed by atoms with Crippen molar-refractivity contribution in [3.05, 3.63) is 64.7 Å². The van der Waals surface area contributed by atoms with Gasteiger partial charge in [0.2, 0.25) is 5.79 Å². The number of ether oxygens (including phenoxy) is 4. The molecule has 0 spiro atoms. The Balaban J connectivity index is 2.16. The van der Waals surface area contributed by atoms with Gasteiger partial charge in [0.1, 0.15) is 11.5 Å². The van der Waals surface area contributed by atoms with Crippen LogP contribution >= 0.6 is 0 Å². The third kappa shape index (κ3) is 2.35. The summed E-state index contributed by atoms with van der Waals surface area (Å²) in [7, 11) is 6.22. The Morgan fingerprint density at radius 3 is 2.12 bits per heavy atom. The Kier molecular flexibility index (Phi) is 4.80. The first kappa shape index (κ1) is 18.5. The quantitative estimate of drug-likeness (QED) is 0.804. The van der Waals surface area contributed by atoms with E-state index in [0.717, 1.165) is 22.4 Å². The zero-order valence-corrected chi connectivity index (χ0v) is 15.7. The Morgan fingerprint density at radius 2 is 1.50 bits per heavy atom. The van der Waals surface area contributed by atoms with Crippen LogP contribution in [0.3, 0.4) is 0 Å². The van der Waals surface area contributed by atoms with Crippen LogP contribution in [0.1, 0.15) is 22.3 Å². The maximum Gasteiger partial charge on any atom is 0.233 e. The van der Waals surface area contributed by atoms with Gasteiger partial charge in [0.15, 0.2) is 5.60 Å². The summed E-state index contributed by atoms with van der Waals surface area (Å²) in [5.41, 5.74) is 1.78. The van der Waals surface area contributed by atoms with Gasteiger partial charge in [-0.2, -0.15) is 0 Å². The average molecular weight is 356 g/mol. The molecule has 0 radical (unpaired) electrons. The van der Waals surface area contributed by atoms with Gasteiger partial charge in [-0.25, -0.2) is 0 Å². The summed E-state index contributed by atoms with van der Waals surface area (Å²) in [6, 6.07) is 11.3. The standard InChI is InChI=1S/C21H24O5/c1-14-8-6-10-17(23-2)15(14)12-13-20(22)19-16(21(20,25-4)26-5)9-7-11-18(19)24-3/h6-13,22H,1-5H3/b13-12+. The predicted octanol–water partition coefficient (Wildman–Crippen LogP) is 3.37. The minimum Gasteiger partial charge on any atom is -0.496 e. The monoisotopic (exact) mass is 356 g/mol. The first-order valence-electron chi connectivity index (χ1n) is 8.32. The number of hydrogen-bond acceptors (Lipinski definition) is 5. The van der Waals surface area contributed by atoms with E-state index >= 15 is 0 Å². The van der Waals surface area contributed by atoms with E-state index in [1.165, 1.54) is 14.2 Å². The SMILES string of the molecule is COc1cccc(C)c1/C=C/C1(O)c2c(OC)cccc2C1(OC)OC. The van der Waals surface area contributed by atoms with E-state index in [0.29, 0.717) is 11.3 Å². The summed E-state index contributed by atoms with van der Waals surface area (Å²) in [5.74, 6) is 0.00418. The lowest BCUT2D eigenvalue weighted by Crippen LogP contribution is -2.60. The molecule has 1 aliphatic rings. The number of rotatable bonds is 6. The molecule has 26 heavy (non-hydrogen) atoms. The van der Waals surface area contributed by atoms with E-state index < -0.39 is 11.4 Å². The molecule has 0 heterocycles. The molecule has 0 saturated carbocycles. The Labute approximate surface area is 153 Å². The van der Waals surface area contributed by atoms with Gasteiger partial charge in [0.25, 0.3) is 0 Å². The highest BCUT2D eigenvalue weighted by atomic mass is 16.7. The third-order valence-electron chi connectivity index (χ3n) is 5.05. The van der Waals surface area contributed by atoms with E-state index in [2.05, 4.69) is 0 Å². The summed E-state index contributed by atoms with van der Waals surface area (Å²) in [4.78, 5) is 0. The van der Waals surface area contributed by atoms with Gasteiger partial charge in [0, 0.05) is 30.9 Å². The van der Waals surface area contributed by atoms with E-state index in [9.17, 15) is 5.11 Å². The number of hydrogen-bond donors (Lipinski definition) is 1. The molecule has 0 bridgehead atoms. The van der Waals surface area contributed by atoms with Crippen LogP contribution in [0.5, 0.6) is 11.5 Å². The predicted molar refractivity (Wildman–Crippen MR) is 99.4 cm³/mol. The van der Waals surface area contributed by atoms with Crippen molar-refractivity contribution in [2.45, 2.75) is 18.3 Å². The minimum absolute atomic E-state index is 0.580. The van der Waals surface area contributed by atoms with Gasteiger partial charge < -0.3 is 24.1 Å². The van der Waals surface area contributed by atoms with Crippen molar-refractivity contribution in [3.8, 4) is 11.5 Å². The molecule has 138 valence electrons. The third-order valence-corrected chi connectivity index (χ3v) is 5.05. The Bertz CT molecular complexity index is 838. The molecule has 0 amide bonds. The van der Waals surface area contributed by atoms with Crippen LogP contribution in [-0.2, 0) is 20.9 Å². The largest absolute Gasteiger partial charge is 0.496 e. The molecule has 0 aliphatic heterocycles. The van der Waals surface area contributed by atoms with Crippen LogP contribution in [0, 0.1) is 6.92 Å². The van der Waals surface area contributed by atoms with Gasteiger partial charge in [-0.15, -0.1) is 0 Å². The zero-order valence-electron chi connectivity index (χ0n) is 15.7. The van der Waals surface area contributed by atoms with Crippen molar-refractivity contribution in [2.24, 2.45) is 0 Å². The summed E-state index contributed by atoms with van der Waals surface area (Å²) in [6.45, 7) is 1.99. The lowest BCUT2D eigenvalue weighted by molar-refractivity contribution is -0.325. The smallest absolute Gasteiger partial charge is 0.233 e. The summed E-state index contributed by atoms with van der Waals surface area (Å²) in [6.07, 6.45) is 3.51. The molecule has 2 aromatic rings. The molecule has 3 rings (SSSR count). The Morgan fingerprint density at radius 1 is 0.885 bits per heavy atom. The second kappa shape index (κ2) is 6.76. The van der Waals surface area contributed by atoms with Crippen LogP contribution in [0.4, 0.5) is 0 Å². The molecule has 0 saturated heterocycles. The van der Waals surface area contributed by atoms with Crippen molar-refractivity contribution in [1.29, 1.82) is 0 Å². The molecule has 5 nitrogen and oxygen atoms in total. The fourth-order valence-corrected chi connectivity index (χ4v) is 3.73. The number of aryl methyl sites for hydroxylation is 1. The second-order valence-corrected chi connectivity index (χ2v) is 6.20. The molecule has 1 aliphatic carbocycles. The van der Waals surface area contributed by atoms with Crippen LogP contribution in [0.15, 0.2) is 42.5 Å². The van der Waals surface area contributed by atoms with E-state index in [1.807, 2.05) is 43.3 Å². The molecule has 0 aromatic heterocycles. The highest BCUT2D eigenvalue weighted by Crippen LogP contribution is 2.59. The van der Waals surface area contributed by atoms with Crippen molar-refractivity contribution in [3.63, 3.8) is 0 Å². The fourth-order valence-electron chi connectivity index (χ4n) is 3.73. The molecule has 2 aromatic carbocycles. The van der Waals surface area contributed by atoms with Crippen LogP contribution in [0.25, 0.3) is 6.08 Å². The highest BCUT2D eigenvalue weighted by Gasteiger charge is 2.65. The molecular weight excluding hydrogens is 332 g/mol. The summed E-state index contributed by atoms with van der Waals surface area (Å²) in [5, 5.41) is 11.5. The lowest BCUT2D eigenvalue weighted by Gasteiger charge is -2.53. The van der Waals surface area contributed by atoms with Crippen LogP contribution in [-0.4, -0.2) is 33.5 Å². The van der Waals surface area contributed by atoms with Crippen molar-refractivity contribution in [1.82, 2.24) is 0 Å². The molecular formula is C21H24O5. The van der Waals surface area contributed by atoms with Crippen molar-refractivity contribution >= 4 is 6.08 Å².